The molecule has 1 fully saturated rings. The number of allylic oxidation sites excluding steroid dienone is 2. The first-order chi connectivity index (χ1) is 10.0. The molecule has 1 saturated heterocycles. The van der Waals surface area contributed by atoms with Gasteiger partial charge in [0, 0.05) is 5.56 Å². The van der Waals surface area contributed by atoms with Crippen molar-refractivity contribution in [2.45, 2.75) is 20.3 Å². The Morgan fingerprint density at radius 2 is 2.00 bits per heavy atom. The molecule has 1 aromatic carbocycles. The molecule has 2 aliphatic rings. The molecule has 1 aliphatic carbocycles. The van der Waals surface area contributed by atoms with Gasteiger partial charge >= 0.3 is 0 Å². The van der Waals surface area contributed by atoms with Gasteiger partial charge in [0.2, 0.25) is 11.8 Å². The minimum Gasteiger partial charge on any atom is -0.295 e. The predicted octanol–water partition coefficient (Wildman–Crippen LogP) is 2.59. The molecule has 3 rings (SSSR count). The van der Waals surface area contributed by atoms with E-state index in [9.17, 15) is 14.4 Å². The molecule has 21 heavy (non-hydrogen) atoms. The fraction of sp³-hybridized carbons (Fsp3) is 0.353. The van der Waals surface area contributed by atoms with Gasteiger partial charge in [-0.25, -0.2) is 0 Å². The van der Waals surface area contributed by atoms with Gasteiger partial charge in [0.05, 0.1) is 17.5 Å². The quantitative estimate of drug-likeness (QED) is 0.476. The van der Waals surface area contributed by atoms with Gasteiger partial charge in [0.25, 0.3) is 0 Å². The molecule has 0 spiro atoms. The van der Waals surface area contributed by atoms with Crippen LogP contribution in [-0.2, 0) is 9.59 Å². The SMILES string of the molecule is CC(=O)c1cccc(N2C(=O)[C@@H]3CC=CC(C)[C@@H]3C2=O)c1. The monoisotopic (exact) mass is 283 g/mol. The highest BCUT2D eigenvalue weighted by atomic mass is 16.2. The van der Waals surface area contributed by atoms with Crippen LogP contribution in [-0.4, -0.2) is 17.6 Å². The number of ketones is 1. The molecule has 0 N–H and O–H groups in total. The van der Waals surface area contributed by atoms with Gasteiger partial charge in [-0.05, 0) is 31.4 Å². The number of fused-ring (bicyclic) bond motifs is 1. The second-order valence-electron chi connectivity index (χ2n) is 5.77. The third-order valence-electron chi connectivity index (χ3n) is 4.38. The van der Waals surface area contributed by atoms with Gasteiger partial charge < -0.3 is 0 Å². The van der Waals surface area contributed by atoms with E-state index in [2.05, 4.69) is 0 Å². The van der Waals surface area contributed by atoms with Crippen LogP contribution in [0.15, 0.2) is 36.4 Å². The van der Waals surface area contributed by atoms with Crippen LogP contribution in [0.25, 0.3) is 0 Å². The topological polar surface area (TPSA) is 54.5 Å². The molecule has 2 amide bonds. The van der Waals surface area contributed by atoms with Crippen LogP contribution >= 0.6 is 0 Å². The minimum absolute atomic E-state index is 0.0705. The molecule has 1 aliphatic heterocycles. The number of benzene rings is 1. The van der Waals surface area contributed by atoms with Crippen molar-refractivity contribution in [3.8, 4) is 0 Å². The molecular weight excluding hydrogens is 266 g/mol. The molecule has 0 bridgehead atoms. The lowest BCUT2D eigenvalue weighted by Crippen LogP contribution is -2.31. The van der Waals surface area contributed by atoms with Crippen molar-refractivity contribution in [2.75, 3.05) is 4.90 Å². The third-order valence-corrected chi connectivity index (χ3v) is 4.38. The molecule has 0 radical (unpaired) electrons. The van der Waals surface area contributed by atoms with Crippen LogP contribution in [0.2, 0.25) is 0 Å². The highest BCUT2D eigenvalue weighted by molar-refractivity contribution is 6.22. The smallest absolute Gasteiger partial charge is 0.238 e. The lowest BCUT2D eigenvalue weighted by Gasteiger charge is -2.22. The van der Waals surface area contributed by atoms with Crippen LogP contribution < -0.4 is 4.90 Å². The maximum Gasteiger partial charge on any atom is 0.238 e. The Hall–Kier alpha value is -2.23. The lowest BCUT2D eigenvalue weighted by atomic mass is 9.78. The summed E-state index contributed by atoms with van der Waals surface area (Å²) in [5, 5.41) is 0. The minimum atomic E-state index is -0.275. The van der Waals surface area contributed by atoms with E-state index in [1.165, 1.54) is 11.8 Å². The molecule has 1 heterocycles. The summed E-state index contributed by atoms with van der Waals surface area (Å²) >= 11 is 0. The molecule has 4 nitrogen and oxygen atoms in total. The van der Waals surface area contributed by atoms with E-state index in [4.69, 9.17) is 0 Å². The Morgan fingerprint density at radius 3 is 2.67 bits per heavy atom. The number of anilines is 1. The van der Waals surface area contributed by atoms with Crippen molar-refractivity contribution in [1.29, 1.82) is 0 Å². The second-order valence-corrected chi connectivity index (χ2v) is 5.77. The number of rotatable bonds is 2. The summed E-state index contributed by atoms with van der Waals surface area (Å²) < 4.78 is 0. The Bertz CT molecular complexity index is 662. The normalized spacial score (nSPS) is 27.9. The van der Waals surface area contributed by atoms with Gasteiger partial charge in [-0.1, -0.05) is 31.2 Å². The van der Waals surface area contributed by atoms with Gasteiger partial charge in [0.1, 0.15) is 0 Å². The van der Waals surface area contributed by atoms with E-state index in [0.717, 1.165) is 0 Å². The summed E-state index contributed by atoms with van der Waals surface area (Å²) in [6, 6.07) is 6.72. The van der Waals surface area contributed by atoms with E-state index in [-0.39, 0.29) is 35.4 Å². The standard InChI is InChI=1S/C17H17NO3/c1-10-5-3-8-14-15(10)17(21)18(16(14)20)13-7-4-6-12(9-13)11(2)19/h3-7,9-10,14-15H,8H2,1-2H3/t10?,14-,15+/m1/s1. The zero-order chi connectivity index (χ0) is 15.1. The van der Waals surface area contributed by atoms with Crippen LogP contribution in [0.3, 0.4) is 0 Å². The average molecular weight is 283 g/mol. The molecule has 1 aromatic rings. The largest absolute Gasteiger partial charge is 0.295 e. The number of carbonyl (C=O) groups is 3. The van der Waals surface area contributed by atoms with Crippen molar-refractivity contribution in [3.05, 3.63) is 42.0 Å². The summed E-state index contributed by atoms with van der Waals surface area (Å²) in [6.45, 7) is 3.44. The molecule has 108 valence electrons. The molecule has 0 saturated carbocycles. The number of hydrogen-bond acceptors (Lipinski definition) is 3. The van der Waals surface area contributed by atoms with Crippen LogP contribution in [0.1, 0.15) is 30.6 Å². The number of Topliss-reactive ketones (excluding diaryl/α,β-unsaturated/α-hetero) is 1. The summed E-state index contributed by atoms with van der Waals surface area (Å²) in [5.41, 5.74) is 1.01. The van der Waals surface area contributed by atoms with E-state index in [1.807, 2.05) is 19.1 Å². The van der Waals surface area contributed by atoms with Gasteiger partial charge in [-0.2, -0.15) is 0 Å². The third kappa shape index (κ3) is 2.11. The summed E-state index contributed by atoms with van der Waals surface area (Å²) in [6.07, 6.45) is 4.59. The van der Waals surface area contributed by atoms with E-state index in [0.29, 0.717) is 17.7 Å². The highest BCUT2D eigenvalue weighted by Crippen LogP contribution is 2.40. The van der Waals surface area contributed by atoms with Gasteiger partial charge in [-0.15, -0.1) is 0 Å². The van der Waals surface area contributed by atoms with E-state index >= 15 is 0 Å². The number of nitrogens with zero attached hydrogens (tertiary/aromatic N) is 1. The Balaban J connectivity index is 2.00. The Morgan fingerprint density at radius 1 is 1.24 bits per heavy atom. The van der Waals surface area contributed by atoms with Crippen LogP contribution in [0.4, 0.5) is 5.69 Å². The number of hydrogen-bond donors (Lipinski definition) is 0. The molecule has 3 atom stereocenters. The Kier molecular flexibility index (Phi) is 3.24. The summed E-state index contributed by atoms with van der Waals surface area (Å²) in [5.74, 6) is -0.851. The number of imide groups is 1. The first-order valence-corrected chi connectivity index (χ1v) is 7.16. The Labute approximate surface area is 123 Å². The van der Waals surface area contributed by atoms with Gasteiger partial charge in [-0.3, -0.25) is 19.3 Å². The van der Waals surface area contributed by atoms with Crippen molar-refractivity contribution in [2.24, 2.45) is 17.8 Å². The lowest BCUT2D eigenvalue weighted by molar-refractivity contribution is -0.122. The van der Waals surface area contributed by atoms with Crippen LogP contribution in [0.5, 0.6) is 0 Å². The summed E-state index contributed by atoms with van der Waals surface area (Å²) in [4.78, 5) is 37.9. The molecule has 4 heteroatoms. The van der Waals surface area contributed by atoms with Crippen molar-refractivity contribution >= 4 is 23.3 Å². The zero-order valence-electron chi connectivity index (χ0n) is 12.1. The number of amides is 2. The molecular formula is C17H17NO3. The van der Waals surface area contributed by atoms with Crippen molar-refractivity contribution < 1.29 is 14.4 Å². The first-order valence-electron chi connectivity index (χ1n) is 7.16. The molecule has 0 aromatic heterocycles. The first kappa shape index (κ1) is 13.7. The maximum atomic E-state index is 12.6. The van der Waals surface area contributed by atoms with Gasteiger partial charge in [0.15, 0.2) is 5.78 Å². The fourth-order valence-electron chi connectivity index (χ4n) is 3.27. The second kappa shape index (κ2) is 4.95. The van der Waals surface area contributed by atoms with Crippen molar-refractivity contribution in [1.82, 2.24) is 0 Å². The highest BCUT2D eigenvalue weighted by Gasteiger charge is 2.50. The van der Waals surface area contributed by atoms with E-state index < -0.39 is 0 Å². The maximum absolute atomic E-state index is 12.6. The van der Waals surface area contributed by atoms with Crippen LogP contribution in [0, 0.1) is 17.8 Å². The zero-order valence-corrected chi connectivity index (χ0v) is 12.1. The fourth-order valence-corrected chi connectivity index (χ4v) is 3.27. The van der Waals surface area contributed by atoms with Crippen molar-refractivity contribution in [3.63, 3.8) is 0 Å². The average Bonchev–Trinajstić information content (AvgIpc) is 2.72. The predicted molar refractivity (Wildman–Crippen MR) is 78.8 cm³/mol. The van der Waals surface area contributed by atoms with E-state index in [1.54, 1.807) is 24.3 Å². The number of carbonyl (C=O) groups excluding carboxylic acids is 3. The molecule has 1 unspecified atom stereocenters. The summed E-state index contributed by atoms with van der Waals surface area (Å²) in [7, 11) is 0.